The fourth-order valence-electron chi connectivity index (χ4n) is 0.322. The van der Waals surface area contributed by atoms with Gasteiger partial charge in [-0.15, -0.1) is 0 Å². The summed E-state index contributed by atoms with van der Waals surface area (Å²) in [5.41, 5.74) is 10.8. The van der Waals surface area contributed by atoms with Crippen LogP contribution < -0.4 is 11.5 Å². The lowest BCUT2D eigenvalue weighted by Crippen LogP contribution is -1.87. The number of rotatable bonds is 1. The van der Waals surface area contributed by atoms with Crippen molar-refractivity contribution in [2.45, 2.75) is 54.4 Å². The van der Waals surface area contributed by atoms with Gasteiger partial charge in [0.25, 0.3) is 0 Å². The Morgan fingerprint density at radius 3 is 1.43 bits per heavy atom. The molecule has 0 unspecified atom stereocenters. The third-order valence-electron chi connectivity index (χ3n) is 0.526. The number of hydrogen-bond acceptors (Lipinski definition) is 2. The summed E-state index contributed by atoms with van der Waals surface area (Å²) in [5, 5.41) is 0. The number of allylic oxidation sites excluding steroid dienone is 2. The van der Waals surface area contributed by atoms with Crippen LogP contribution in [-0.2, 0) is 0 Å². The van der Waals surface area contributed by atoms with E-state index in [1.807, 2.05) is 26.8 Å². The van der Waals surface area contributed by atoms with Crippen LogP contribution in [0.15, 0.2) is 24.6 Å². The van der Waals surface area contributed by atoms with Crippen LogP contribution in [0.4, 0.5) is 0 Å². The minimum Gasteiger partial charge on any atom is -0.405 e. The summed E-state index contributed by atoms with van der Waals surface area (Å²) in [6.07, 6.45) is 5.53. The summed E-state index contributed by atoms with van der Waals surface area (Å²) in [6, 6.07) is 0. The quantitative estimate of drug-likeness (QED) is 0.679. The van der Waals surface area contributed by atoms with Crippen LogP contribution >= 0.6 is 0 Å². The van der Waals surface area contributed by atoms with Crippen molar-refractivity contribution >= 4 is 0 Å². The molecule has 0 aromatic carbocycles. The third-order valence-corrected chi connectivity index (χ3v) is 0.526. The van der Waals surface area contributed by atoms with Gasteiger partial charge in [-0.1, -0.05) is 53.7 Å². The third kappa shape index (κ3) is 260. The predicted molar refractivity (Wildman–Crippen MR) is 69.9 cm³/mol. The van der Waals surface area contributed by atoms with E-state index in [1.54, 1.807) is 0 Å². The Morgan fingerprint density at radius 2 is 1.43 bits per heavy atom. The first-order valence-corrected chi connectivity index (χ1v) is 5.35. The molecular weight excluding hydrogens is 172 g/mol. The smallest absolute Gasteiger partial charge is 0.000822 e. The predicted octanol–water partition coefficient (Wildman–Crippen LogP) is 3.79. The molecule has 0 aliphatic rings. The lowest BCUT2D eigenvalue weighted by Gasteiger charge is -1.81. The molecule has 0 amide bonds. The second kappa shape index (κ2) is 40.1. The highest BCUT2D eigenvalue weighted by Gasteiger charge is 1.67. The van der Waals surface area contributed by atoms with Gasteiger partial charge in [0.05, 0.1) is 0 Å². The Labute approximate surface area is 91.1 Å². The standard InChI is InChI=1S/C5H11N.C3H8.C2H5N.C2H6/c1-3-4-5(2)6;1-3-2;1-2-3;1-2/h4H,3,6H2,1-2H3;3H2,1-2H3;2H,1,3H2;1-2H3/b5-4-;;;. The number of nitrogens with two attached hydrogens (primary N) is 2. The summed E-state index contributed by atoms with van der Waals surface area (Å²) in [6.45, 7) is 15.3. The first kappa shape index (κ1) is 23.2. The average Bonchev–Trinajstić information content (AvgIpc) is 2.10. The zero-order chi connectivity index (χ0) is 12.4. The van der Waals surface area contributed by atoms with Crippen molar-refractivity contribution in [1.29, 1.82) is 0 Å². The molecule has 14 heavy (non-hydrogen) atoms. The van der Waals surface area contributed by atoms with Crippen LogP contribution in [0, 0.1) is 0 Å². The maximum Gasteiger partial charge on any atom is 0.000822 e. The second-order valence-corrected chi connectivity index (χ2v) is 2.30. The molecule has 4 N–H and O–H groups in total. The summed E-state index contributed by atoms with van der Waals surface area (Å²) in [5.74, 6) is 0. The summed E-state index contributed by atoms with van der Waals surface area (Å²) < 4.78 is 0. The fourth-order valence-corrected chi connectivity index (χ4v) is 0.322. The first-order chi connectivity index (χ1) is 6.60. The lowest BCUT2D eigenvalue weighted by molar-refractivity contribution is 1.09. The Bertz CT molecular complexity index is 92.5. The van der Waals surface area contributed by atoms with E-state index in [1.165, 1.54) is 12.6 Å². The SMILES string of the molecule is C=CN.CC.CC/C=C(/C)N.CCC. The van der Waals surface area contributed by atoms with Gasteiger partial charge in [0.1, 0.15) is 0 Å². The maximum absolute atomic E-state index is 5.26. The molecule has 0 aliphatic heterocycles. The molecule has 0 saturated heterocycles. The van der Waals surface area contributed by atoms with Crippen molar-refractivity contribution < 1.29 is 0 Å². The molecule has 0 atom stereocenters. The van der Waals surface area contributed by atoms with Gasteiger partial charge < -0.3 is 11.5 Å². The van der Waals surface area contributed by atoms with Crippen molar-refractivity contribution in [3.05, 3.63) is 24.6 Å². The minimum atomic E-state index is 0.914. The van der Waals surface area contributed by atoms with E-state index >= 15 is 0 Å². The van der Waals surface area contributed by atoms with Crippen LogP contribution in [0.25, 0.3) is 0 Å². The van der Waals surface area contributed by atoms with E-state index in [9.17, 15) is 0 Å². The molecule has 0 bridgehead atoms. The van der Waals surface area contributed by atoms with Crippen LogP contribution in [-0.4, -0.2) is 0 Å². The van der Waals surface area contributed by atoms with Gasteiger partial charge in [-0.2, -0.15) is 0 Å². The van der Waals surface area contributed by atoms with Gasteiger partial charge in [-0.05, 0) is 19.5 Å². The van der Waals surface area contributed by atoms with Crippen molar-refractivity contribution in [1.82, 2.24) is 0 Å². The molecule has 0 aliphatic carbocycles. The van der Waals surface area contributed by atoms with E-state index in [0.717, 1.165) is 12.1 Å². The van der Waals surface area contributed by atoms with E-state index in [2.05, 4.69) is 33.1 Å². The van der Waals surface area contributed by atoms with Crippen LogP contribution in [0.1, 0.15) is 54.4 Å². The monoisotopic (exact) mass is 202 g/mol. The Kier molecular flexibility index (Phi) is 66.3. The van der Waals surface area contributed by atoms with E-state index in [-0.39, 0.29) is 0 Å². The molecule has 0 radical (unpaired) electrons. The molecule has 0 fully saturated rings. The van der Waals surface area contributed by atoms with Crippen molar-refractivity contribution in [3.63, 3.8) is 0 Å². The summed E-state index contributed by atoms with van der Waals surface area (Å²) >= 11 is 0. The largest absolute Gasteiger partial charge is 0.405 e. The highest BCUT2D eigenvalue weighted by Crippen LogP contribution is 1.81. The summed E-state index contributed by atoms with van der Waals surface area (Å²) in [7, 11) is 0. The molecule has 0 spiro atoms. The molecule has 0 aromatic heterocycles. The van der Waals surface area contributed by atoms with Crippen LogP contribution in [0.3, 0.4) is 0 Å². The topological polar surface area (TPSA) is 52.0 Å². The second-order valence-electron chi connectivity index (χ2n) is 2.30. The van der Waals surface area contributed by atoms with E-state index < -0.39 is 0 Å². The molecule has 0 saturated carbocycles. The molecule has 0 rings (SSSR count). The van der Waals surface area contributed by atoms with Gasteiger partial charge in [-0.3, -0.25) is 0 Å². The Balaban J connectivity index is -0.0000000536. The molecule has 2 heteroatoms. The zero-order valence-corrected chi connectivity index (χ0v) is 10.9. The van der Waals surface area contributed by atoms with Gasteiger partial charge in [0.15, 0.2) is 0 Å². The fraction of sp³-hybridized carbons (Fsp3) is 0.667. The molecular formula is C12H30N2. The van der Waals surface area contributed by atoms with Crippen molar-refractivity contribution in [2.75, 3.05) is 0 Å². The Morgan fingerprint density at radius 1 is 1.21 bits per heavy atom. The normalized spacial score (nSPS) is 7.71. The highest BCUT2D eigenvalue weighted by molar-refractivity contribution is 4.89. The van der Waals surface area contributed by atoms with Gasteiger partial charge >= 0.3 is 0 Å². The maximum atomic E-state index is 5.26. The minimum absolute atomic E-state index is 0.914. The van der Waals surface area contributed by atoms with E-state index in [0.29, 0.717) is 0 Å². The van der Waals surface area contributed by atoms with Gasteiger partial charge in [-0.25, -0.2) is 0 Å². The first-order valence-electron chi connectivity index (χ1n) is 5.35. The summed E-state index contributed by atoms with van der Waals surface area (Å²) in [4.78, 5) is 0. The van der Waals surface area contributed by atoms with Crippen LogP contribution in [0.2, 0.25) is 0 Å². The van der Waals surface area contributed by atoms with Crippen molar-refractivity contribution in [2.24, 2.45) is 11.5 Å². The molecule has 0 aromatic rings. The van der Waals surface area contributed by atoms with Crippen LogP contribution in [0.5, 0.6) is 0 Å². The molecule has 0 heterocycles. The van der Waals surface area contributed by atoms with Gasteiger partial charge in [0.2, 0.25) is 0 Å². The van der Waals surface area contributed by atoms with Crippen molar-refractivity contribution in [3.8, 4) is 0 Å². The number of hydrogen-bond donors (Lipinski definition) is 2. The highest BCUT2D eigenvalue weighted by atomic mass is 14.5. The lowest BCUT2D eigenvalue weighted by atomic mass is 10.4. The zero-order valence-electron chi connectivity index (χ0n) is 10.9. The Hall–Kier alpha value is -0.920. The van der Waals surface area contributed by atoms with Gasteiger partial charge in [0, 0.05) is 5.70 Å². The molecule has 88 valence electrons. The average molecular weight is 202 g/mol. The van der Waals surface area contributed by atoms with E-state index in [4.69, 9.17) is 5.73 Å². The molecule has 2 nitrogen and oxygen atoms in total.